The van der Waals surface area contributed by atoms with Crippen molar-refractivity contribution in [2.75, 3.05) is 12.4 Å². The van der Waals surface area contributed by atoms with Gasteiger partial charge in [0.25, 0.3) is 5.91 Å². The number of halogens is 1. The summed E-state index contributed by atoms with van der Waals surface area (Å²) < 4.78 is 5.69. The second-order valence-corrected chi connectivity index (χ2v) is 6.71. The average Bonchev–Trinajstić information content (AvgIpc) is 2.90. The van der Waals surface area contributed by atoms with Crippen LogP contribution in [-0.4, -0.2) is 19.0 Å². The molecule has 1 amide bonds. The summed E-state index contributed by atoms with van der Waals surface area (Å²) in [4.78, 5) is 25.2. The van der Waals surface area contributed by atoms with Crippen LogP contribution in [0.2, 0.25) is 0 Å². The number of carbonyl (C=O) groups is 2. The molecule has 4 nitrogen and oxygen atoms in total. The van der Waals surface area contributed by atoms with Gasteiger partial charge in [-0.2, -0.15) is 0 Å². The highest BCUT2D eigenvalue weighted by Crippen LogP contribution is 2.30. The Kier molecular flexibility index (Phi) is 5.74. The second-order valence-electron chi connectivity index (χ2n) is 4.66. The molecule has 1 aromatic carbocycles. The predicted octanol–water partition coefficient (Wildman–Crippen LogP) is 4.50. The van der Waals surface area contributed by atoms with Crippen molar-refractivity contribution < 1.29 is 14.3 Å². The summed E-state index contributed by atoms with van der Waals surface area (Å²) >= 11 is 4.74. The lowest BCUT2D eigenvalue weighted by Crippen LogP contribution is -2.13. The first-order valence-electron chi connectivity index (χ1n) is 6.83. The van der Waals surface area contributed by atoms with Gasteiger partial charge in [-0.1, -0.05) is 29.3 Å². The first kappa shape index (κ1) is 16.7. The molecule has 1 heterocycles. The number of hydrogen-bond donors (Lipinski definition) is 1. The third-order valence-corrected chi connectivity index (χ3v) is 4.66. The van der Waals surface area contributed by atoms with Crippen LogP contribution in [0.3, 0.4) is 0 Å². The Morgan fingerprint density at radius 1 is 1.27 bits per heavy atom. The maximum Gasteiger partial charge on any atom is 0.340 e. The summed E-state index contributed by atoms with van der Waals surface area (Å²) in [6.07, 6.45) is 1.84. The van der Waals surface area contributed by atoms with Crippen molar-refractivity contribution in [3.8, 4) is 0 Å². The number of amides is 1. The van der Waals surface area contributed by atoms with Crippen molar-refractivity contribution in [3.05, 3.63) is 50.8 Å². The maximum absolute atomic E-state index is 12.3. The van der Waals surface area contributed by atoms with Gasteiger partial charge < -0.3 is 10.1 Å². The van der Waals surface area contributed by atoms with E-state index in [2.05, 4.69) is 28.2 Å². The molecular weight excluding hydrogens is 366 g/mol. The zero-order valence-electron chi connectivity index (χ0n) is 12.3. The normalized spacial score (nSPS) is 10.3. The van der Waals surface area contributed by atoms with E-state index < -0.39 is 5.97 Å². The van der Waals surface area contributed by atoms with Crippen molar-refractivity contribution in [1.29, 1.82) is 0 Å². The summed E-state index contributed by atoms with van der Waals surface area (Å²) in [7, 11) is 1.33. The van der Waals surface area contributed by atoms with Gasteiger partial charge in [-0.15, -0.1) is 11.3 Å². The van der Waals surface area contributed by atoms with Crippen molar-refractivity contribution in [2.45, 2.75) is 19.8 Å². The fourth-order valence-corrected chi connectivity index (χ4v) is 3.35. The minimum Gasteiger partial charge on any atom is -0.465 e. The van der Waals surface area contributed by atoms with E-state index in [0.29, 0.717) is 16.1 Å². The third kappa shape index (κ3) is 3.96. The SMILES string of the molecule is CCCc1cc(C(=O)OC)c(NC(=O)c2ccc(Br)cc2)s1. The number of benzene rings is 1. The number of thiophene rings is 1. The van der Waals surface area contributed by atoms with Crippen LogP contribution in [0.4, 0.5) is 5.00 Å². The Balaban J connectivity index is 2.25. The molecule has 0 spiro atoms. The summed E-state index contributed by atoms with van der Waals surface area (Å²) in [6, 6.07) is 8.83. The zero-order chi connectivity index (χ0) is 16.1. The van der Waals surface area contributed by atoms with Gasteiger partial charge in [-0.05, 0) is 36.8 Å². The van der Waals surface area contributed by atoms with E-state index in [4.69, 9.17) is 4.74 Å². The Hall–Kier alpha value is -1.66. The average molecular weight is 382 g/mol. The summed E-state index contributed by atoms with van der Waals surface area (Å²) in [6.45, 7) is 2.07. The van der Waals surface area contributed by atoms with E-state index in [0.717, 1.165) is 22.2 Å². The summed E-state index contributed by atoms with van der Waals surface area (Å²) in [5, 5.41) is 3.33. The molecule has 0 aliphatic carbocycles. The number of nitrogens with one attached hydrogen (secondary N) is 1. The lowest BCUT2D eigenvalue weighted by molar-refractivity contribution is 0.0602. The van der Waals surface area contributed by atoms with Gasteiger partial charge in [0, 0.05) is 14.9 Å². The molecule has 22 heavy (non-hydrogen) atoms. The molecule has 0 aliphatic heterocycles. The quantitative estimate of drug-likeness (QED) is 0.775. The topological polar surface area (TPSA) is 55.4 Å². The Labute approximate surface area is 141 Å². The van der Waals surface area contributed by atoms with Gasteiger partial charge in [-0.3, -0.25) is 4.79 Å². The Bertz CT molecular complexity index is 679. The van der Waals surface area contributed by atoms with Gasteiger partial charge in [0.2, 0.25) is 0 Å². The summed E-state index contributed by atoms with van der Waals surface area (Å²) in [5.41, 5.74) is 0.936. The molecule has 6 heteroatoms. The first-order valence-corrected chi connectivity index (χ1v) is 8.44. The first-order chi connectivity index (χ1) is 10.5. The molecule has 2 rings (SSSR count). The highest BCUT2D eigenvalue weighted by atomic mass is 79.9. The third-order valence-electron chi connectivity index (χ3n) is 3.02. The van der Waals surface area contributed by atoms with Crippen LogP contribution >= 0.6 is 27.3 Å². The molecule has 0 aliphatic rings. The minimum atomic E-state index is -0.440. The van der Waals surface area contributed by atoms with Gasteiger partial charge in [0.15, 0.2) is 0 Å². The van der Waals surface area contributed by atoms with Crippen LogP contribution < -0.4 is 5.32 Å². The molecule has 0 unspecified atom stereocenters. The van der Waals surface area contributed by atoms with Crippen molar-refractivity contribution in [2.24, 2.45) is 0 Å². The van der Waals surface area contributed by atoms with Crippen LogP contribution in [0, 0.1) is 0 Å². The Morgan fingerprint density at radius 2 is 1.95 bits per heavy atom. The van der Waals surface area contributed by atoms with Crippen LogP contribution in [0.1, 0.15) is 38.9 Å². The highest BCUT2D eigenvalue weighted by molar-refractivity contribution is 9.10. The molecule has 0 radical (unpaired) electrons. The van der Waals surface area contributed by atoms with Crippen LogP contribution in [-0.2, 0) is 11.2 Å². The molecule has 0 saturated heterocycles. The minimum absolute atomic E-state index is 0.248. The molecule has 1 aromatic heterocycles. The number of methoxy groups -OCH3 is 1. The highest BCUT2D eigenvalue weighted by Gasteiger charge is 2.18. The molecule has 116 valence electrons. The standard InChI is InChI=1S/C16H16BrNO3S/c1-3-4-12-9-13(16(20)21-2)15(22-12)18-14(19)10-5-7-11(17)8-6-10/h5-9H,3-4H2,1-2H3,(H,18,19). The molecular formula is C16H16BrNO3S. The van der Waals surface area contributed by atoms with Gasteiger partial charge in [0.05, 0.1) is 12.7 Å². The van der Waals surface area contributed by atoms with Crippen LogP contribution in [0.5, 0.6) is 0 Å². The number of hydrogen-bond acceptors (Lipinski definition) is 4. The molecule has 0 bridgehead atoms. The lowest BCUT2D eigenvalue weighted by Gasteiger charge is -2.05. The van der Waals surface area contributed by atoms with Crippen LogP contribution in [0.25, 0.3) is 0 Å². The molecule has 0 atom stereocenters. The number of esters is 1. The van der Waals surface area contributed by atoms with E-state index in [1.807, 2.05) is 0 Å². The number of carbonyl (C=O) groups excluding carboxylic acids is 2. The fourth-order valence-electron chi connectivity index (χ4n) is 1.94. The van der Waals surface area contributed by atoms with Crippen molar-refractivity contribution >= 4 is 44.1 Å². The number of aryl methyl sites for hydroxylation is 1. The number of rotatable bonds is 5. The van der Waals surface area contributed by atoms with Gasteiger partial charge in [0.1, 0.15) is 5.00 Å². The lowest BCUT2D eigenvalue weighted by atomic mass is 10.2. The number of ether oxygens (including phenoxy) is 1. The van der Waals surface area contributed by atoms with Crippen molar-refractivity contribution in [1.82, 2.24) is 0 Å². The van der Waals surface area contributed by atoms with E-state index in [-0.39, 0.29) is 5.91 Å². The fraction of sp³-hybridized carbons (Fsp3) is 0.250. The summed E-state index contributed by atoms with van der Waals surface area (Å²) in [5.74, 6) is -0.688. The van der Waals surface area contributed by atoms with E-state index in [1.54, 1.807) is 30.3 Å². The molecule has 2 aromatic rings. The maximum atomic E-state index is 12.3. The predicted molar refractivity (Wildman–Crippen MR) is 91.7 cm³/mol. The molecule has 0 saturated carbocycles. The monoisotopic (exact) mass is 381 g/mol. The van der Waals surface area contributed by atoms with E-state index in [1.165, 1.54) is 18.4 Å². The molecule has 0 fully saturated rings. The number of anilines is 1. The van der Waals surface area contributed by atoms with Gasteiger partial charge in [-0.25, -0.2) is 4.79 Å². The van der Waals surface area contributed by atoms with Gasteiger partial charge >= 0.3 is 5.97 Å². The largest absolute Gasteiger partial charge is 0.465 e. The molecule has 1 N–H and O–H groups in total. The smallest absolute Gasteiger partial charge is 0.340 e. The van der Waals surface area contributed by atoms with E-state index >= 15 is 0 Å². The zero-order valence-corrected chi connectivity index (χ0v) is 14.7. The van der Waals surface area contributed by atoms with Crippen LogP contribution in [0.15, 0.2) is 34.8 Å². The van der Waals surface area contributed by atoms with E-state index in [9.17, 15) is 9.59 Å². The Morgan fingerprint density at radius 3 is 2.55 bits per heavy atom. The van der Waals surface area contributed by atoms with Crippen molar-refractivity contribution in [3.63, 3.8) is 0 Å². The second kappa shape index (κ2) is 7.56.